The average molecular weight is 196 g/mol. The highest BCUT2D eigenvalue weighted by molar-refractivity contribution is 6.17. The van der Waals surface area contributed by atoms with Gasteiger partial charge in [-0.1, -0.05) is 0 Å². The normalized spacial score (nSPS) is 10.6. The van der Waals surface area contributed by atoms with Crippen LogP contribution >= 0.6 is 11.6 Å². The lowest BCUT2D eigenvalue weighted by Crippen LogP contribution is -1.84. The molecule has 0 amide bonds. The van der Waals surface area contributed by atoms with Gasteiger partial charge in [-0.3, -0.25) is 4.98 Å². The second-order valence-electron chi connectivity index (χ2n) is 2.81. The zero-order valence-corrected chi connectivity index (χ0v) is 7.55. The quantitative estimate of drug-likeness (QED) is 0.638. The Balaban J connectivity index is 2.66. The molecule has 0 unspecified atom stereocenters. The molecule has 0 fully saturated rings. The summed E-state index contributed by atoms with van der Waals surface area (Å²) in [4.78, 5) is 4.09. The Labute approximate surface area is 80.2 Å². The number of alkyl halides is 1. The Hall–Kier alpha value is -1.15. The molecule has 0 bridgehead atoms. The molecule has 0 spiro atoms. The Morgan fingerprint density at radius 2 is 2.15 bits per heavy atom. The number of pyridine rings is 1. The molecule has 1 aromatic carbocycles. The summed E-state index contributed by atoms with van der Waals surface area (Å²) in [6.07, 6.45) is 1.66. The van der Waals surface area contributed by atoms with E-state index in [0.717, 1.165) is 10.9 Å². The summed E-state index contributed by atoms with van der Waals surface area (Å²) < 4.78 is 12.8. The molecule has 0 aliphatic rings. The van der Waals surface area contributed by atoms with Gasteiger partial charge in [0.2, 0.25) is 0 Å². The molecule has 1 nitrogen and oxygen atoms in total. The second kappa shape index (κ2) is 3.30. The van der Waals surface area contributed by atoms with Gasteiger partial charge in [0.1, 0.15) is 5.82 Å². The first kappa shape index (κ1) is 8.45. The number of hydrogen-bond acceptors (Lipinski definition) is 1. The van der Waals surface area contributed by atoms with E-state index in [1.54, 1.807) is 12.3 Å². The maximum absolute atomic E-state index is 12.8. The third-order valence-corrected chi connectivity index (χ3v) is 2.17. The fraction of sp³-hybridized carbons (Fsp3) is 0.100. The largest absolute Gasteiger partial charge is 0.256 e. The third kappa shape index (κ3) is 1.63. The number of nitrogens with zero attached hydrogens (tertiary/aromatic N) is 1. The molecule has 0 N–H and O–H groups in total. The van der Waals surface area contributed by atoms with Crippen LogP contribution < -0.4 is 0 Å². The summed E-state index contributed by atoms with van der Waals surface area (Å²) in [5.74, 6) is 0.166. The first-order valence-corrected chi connectivity index (χ1v) is 4.43. The number of hydrogen-bond donors (Lipinski definition) is 0. The topological polar surface area (TPSA) is 12.9 Å². The summed E-state index contributed by atoms with van der Waals surface area (Å²) in [6, 6.07) is 6.44. The highest BCUT2D eigenvalue weighted by Crippen LogP contribution is 2.15. The minimum atomic E-state index is -0.265. The van der Waals surface area contributed by atoms with Crippen molar-refractivity contribution in [2.75, 3.05) is 0 Å². The van der Waals surface area contributed by atoms with Crippen LogP contribution in [0.5, 0.6) is 0 Å². The van der Waals surface area contributed by atoms with Gasteiger partial charge in [0, 0.05) is 23.5 Å². The zero-order chi connectivity index (χ0) is 9.26. The second-order valence-corrected chi connectivity index (χ2v) is 3.08. The Bertz CT molecular complexity index is 442. The van der Waals surface area contributed by atoms with Gasteiger partial charge in [-0.05, 0) is 23.8 Å². The molecular weight excluding hydrogens is 189 g/mol. The Morgan fingerprint density at radius 3 is 2.92 bits per heavy atom. The van der Waals surface area contributed by atoms with Crippen molar-refractivity contribution in [3.63, 3.8) is 0 Å². The molecule has 0 aliphatic carbocycles. The first-order chi connectivity index (χ1) is 6.29. The van der Waals surface area contributed by atoms with Gasteiger partial charge in [-0.2, -0.15) is 0 Å². The highest BCUT2D eigenvalue weighted by Gasteiger charge is 1.98. The first-order valence-electron chi connectivity index (χ1n) is 3.90. The average Bonchev–Trinajstić information content (AvgIpc) is 2.17. The van der Waals surface area contributed by atoms with E-state index in [4.69, 9.17) is 11.6 Å². The number of halogens is 2. The van der Waals surface area contributed by atoms with Crippen LogP contribution in [0, 0.1) is 5.82 Å². The van der Waals surface area contributed by atoms with E-state index in [0.29, 0.717) is 11.4 Å². The van der Waals surface area contributed by atoms with Crippen LogP contribution in [0.3, 0.4) is 0 Å². The molecule has 0 saturated carbocycles. The van der Waals surface area contributed by atoms with Crippen LogP contribution in [-0.4, -0.2) is 4.98 Å². The predicted molar refractivity (Wildman–Crippen MR) is 51.3 cm³/mol. The fourth-order valence-electron chi connectivity index (χ4n) is 1.21. The van der Waals surface area contributed by atoms with Crippen molar-refractivity contribution < 1.29 is 4.39 Å². The molecule has 1 heterocycles. The number of benzene rings is 1. The predicted octanol–water partition coefficient (Wildman–Crippen LogP) is 3.11. The van der Waals surface area contributed by atoms with Gasteiger partial charge >= 0.3 is 0 Å². The maximum atomic E-state index is 12.8. The molecule has 2 aromatic rings. The molecule has 0 radical (unpaired) electrons. The smallest absolute Gasteiger partial charge is 0.125 e. The van der Waals surface area contributed by atoms with Crippen molar-refractivity contribution in [3.05, 3.63) is 41.8 Å². The van der Waals surface area contributed by atoms with Crippen molar-refractivity contribution in [2.24, 2.45) is 0 Å². The van der Waals surface area contributed by atoms with Crippen LogP contribution in [0.15, 0.2) is 30.5 Å². The summed E-state index contributed by atoms with van der Waals surface area (Å²) >= 11 is 5.64. The van der Waals surface area contributed by atoms with E-state index < -0.39 is 0 Å². The zero-order valence-electron chi connectivity index (χ0n) is 6.80. The van der Waals surface area contributed by atoms with Gasteiger partial charge in [-0.15, -0.1) is 11.6 Å². The lowest BCUT2D eigenvalue weighted by atomic mass is 10.2. The minimum Gasteiger partial charge on any atom is -0.256 e. The number of rotatable bonds is 1. The van der Waals surface area contributed by atoms with E-state index in [1.165, 1.54) is 12.1 Å². The Kier molecular flexibility index (Phi) is 2.15. The summed E-state index contributed by atoms with van der Waals surface area (Å²) in [5, 5.41) is 0.916. The fourth-order valence-corrected chi connectivity index (χ4v) is 1.36. The van der Waals surface area contributed by atoms with Crippen LogP contribution in [-0.2, 0) is 5.88 Å². The molecule has 0 aliphatic heterocycles. The van der Waals surface area contributed by atoms with Gasteiger partial charge < -0.3 is 0 Å². The van der Waals surface area contributed by atoms with Gasteiger partial charge in [-0.25, -0.2) is 4.39 Å². The molecule has 3 heteroatoms. The van der Waals surface area contributed by atoms with Gasteiger partial charge in [0.15, 0.2) is 0 Å². The lowest BCUT2D eigenvalue weighted by Gasteiger charge is -1.99. The maximum Gasteiger partial charge on any atom is 0.125 e. The molecule has 1 aromatic heterocycles. The molecular formula is C10H7ClFN. The molecule has 66 valence electrons. The van der Waals surface area contributed by atoms with E-state index in [1.807, 2.05) is 6.07 Å². The molecule has 0 atom stereocenters. The van der Waals surface area contributed by atoms with Crippen molar-refractivity contribution >= 4 is 22.5 Å². The van der Waals surface area contributed by atoms with E-state index in [9.17, 15) is 4.39 Å². The number of aromatic nitrogens is 1. The lowest BCUT2D eigenvalue weighted by molar-refractivity contribution is 0.629. The van der Waals surface area contributed by atoms with Crippen molar-refractivity contribution in [1.29, 1.82) is 0 Å². The summed E-state index contributed by atoms with van der Waals surface area (Å²) in [7, 11) is 0. The van der Waals surface area contributed by atoms with Crippen molar-refractivity contribution in [2.45, 2.75) is 5.88 Å². The standard InChI is InChI=1S/C10H7ClFN/c11-5-7-3-8-1-2-9(12)4-10(8)13-6-7/h1-4,6H,5H2. The van der Waals surface area contributed by atoms with E-state index in [2.05, 4.69) is 4.98 Å². The van der Waals surface area contributed by atoms with E-state index >= 15 is 0 Å². The van der Waals surface area contributed by atoms with Crippen molar-refractivity contribution in [1.82, 2.24) is 4.98 Å². The summed E-state index contributed by atoms with van der Waals surface area (Å²) in [5.41, 5.74) is 1.61. The van der Waals surface area contributed by atoms with Crippen LogP contribution in [0.4, 0.5) is 4.39 Å². The van der Waals surface area contributed by atoms with Gasteiger partial charge in [0.25, 0.3) is 0 Å². The van der Waals surface area contributed by atoms with Crippen LogP contribution in [0.1, 0.15) is 5.56 Å². The Morgan fingerprint density at radius 1 is 1.31 bits per heavy atom. The number of fused-ring (bicyclic) bond motifs is 1. The molecule has 2 rings (SSSR count). The highest BCUT2D eigenvalue weighted by atomic mass is 35.5. The monoisotopic (exact) mass is 195 g/mol. The van der Waals surface area contributed by atoms with Crippen molar-refractivity contribution in [3.8, 4) is 0 Å². The SMILES string of the molecule is Fc1ccc2cc(CCl)cnc2c1. The van der Waals surface area contributed by atoms with Crippen LogP contribution in [0.2, 0.25) is 0 Å². The third-order valence-electron chi connectivity index (χ3n) is 1.86. The molecule has 0 saturated heterocycles. The van der Waals surface area contributed by atoms with Crippen LogP contribution in [0.25, 0.3) is 10.9 Å². The minimum absolute atomic E-state index is 0.265. The van der Waals surface area contributed by atoms with E-state index in [-0.39, 0.29) is 5.82 Å². The molecule has 13 heavy (non-hydrogen) atoms. The summed E-state index contributed by atoms with van der Waals surface area (Å²) in [6.45, 7) is 0. The van der Waals surface area contributed by atoms with Gasteiger partial charge in [0.05, 0.1) is 5.52 Å².